The van der Waals surface area contributed by atoms with Crippen molar-refractivity contribution < 1.29 is 19.4 Å². The van der Waals surface area contributed by atoms with Crippen LogP contribution in [0.25, 0.3) is 10.4 Å². The SMILES string of the molecule is CC1=CCC2[C@@H](C1)c1c(O)cc(C3(C(=O)OCCCCN=[N+]=[N-])CCC3)cc1OC2(C)C. The first kappa shape index (κ1) is 22.5. The smallest absolute Gasteiger partial charge is 0.316 e. The van der Waals surface area contributed by atoms with Crippen molar-refractivity contribution in [3.8, 4) is 11.5 Å². The number of hydrogen-bond acceptors (Lipinski definition) is 5. The molecule has 1 aromatic carbocycles. The van der Waals surface area contributed by atoms with Crippen LogP contribution in [0.3, 0.4) is 0 Å². The summed E-state index contributed by atoms with van der Waals surface area (Å²) in [5.41, 5.74) is 10.3. The molecule has 1 aromatic rings. The Morgan fingerprint density at radius 2 is 2.12 bits per heavy atom. The van der Waals surface area contributed by atoms with Crippen molar-refractivity contribution in [1.29, 1.82) is 0 Å². The first-order chi connectivity index (χ1) is 15.3. The van der Waals surface area contributed by atoms with E-state index in [0.29, 0.717) is 50.5 Å². The molecule has 3 aliphatic rings. The molecule has 2 atom stereocenters. The number of azide groups is 1. The Labute approximate surface area is 189 Å². The van der Waals surface area contributed by atoms with Crippen molar-refractivity contribution in [2.75, 3.05) is 13.2 Å². The standard InChI is InChI=1S/C25H33N3O4/c1-16-7-8-19-18(13-16)22-20(29)14-17(15-21(22)32-24(19,2)3)25(9-6-10-25)23(30)31-12-5-4-11-27-28-26/h7,14-15,18-19,29H,4-6,8-13H2,1-3H3/t18-,19?/m1/s1. The number of esters is 1. The number of phenols is 1. The Morgan fingerprint density at radius 3 is 2.81 bits per heavy atom. The summed E-state index contributed by atoms with van der Waals surface area (Å²) in [7, 11) is 0. The average Bonchev–Trinajstić information content (AvgIpc) is 2.68. The van der Waals surface area contributed by atoms with Crippen LogP contribution in [0.5, 0.6) is 11.5 Å². The Kier molecular flexibility index (Phi) is 6.13. The summed E-state index contributed by atoms with van der Waals surface area (Å²) >= 11 is 0. The van der Waals surface area contributed by atoms with Crippen LogP contribution in [0.1, 0.15) is 82.8 Å². The third-order valence-electron chi connectivity index (χ3n) is 7.60. The molecule has 7 heteroatoms. The number of hydrogen-bond donors (Lipinski definition) is 1. The highest BCUT2D eigenvalue weighted by molar-refractivity contribution is 5.85. The molecule has 32 heavy (non-hydrogen) atoms. The topological polar surface area (TPSA) is 105 Å². The van der Waals surface area contributed by atoms with E-state index in [1.165, 1.54) is 5.57 Å². The van der Waals surface area contributed by atoms with Crippen LogP contribution in [0.15, 0.2) is 28.9 Å². The Hall–Kier alpha value is -2.66. The van der Waals surface area contributed by atoms with Crippen LogP contribution in [-0.2, 0) is 14.9 Å². The number of ether oxygens (including phenoxy) is 2. The van der Waals surface area contributed by atoms with E-state index in [2.05, 4.69) is 36.9 Å². The molecule has 4 rings (SSSR count). The molecule has 0 bridgehead atoms. The van der Waals surface area contributed by atoms with Gasteiger partial charge in [-0.15, -0.1) is 0 Å². The van der Waals surface area contributed by atoms with Crippen LogP contribution in [0, 0.1) is 5.92 Å². The molecule has 1 N–H and O–H groups in total. The highest BCUT2D eigenvalue weighted by atomic mass is 16.5. The molecule has 1 aliphatic heterocycles. The van der Waals surface area contributed by atoms with E-state index in [1.54, 1.807) is 6.07 Å². The van der Waals surface area contributed by atoms with Gasteiger partial charge < -0.3 is 14.6 Å². The van der Waals surface area contributed by atoms with Gasteiger partial charge in [-0.25, -0.2) is 0 Å². The summed E-state index contributed by atoms with van der Waals surface area (Å²) in [5.74, 6) is 1.22. The predicted octanol–water partition coefficient (Wildman–Crippen LogP) is 6.06. The van der Waals surface area contributed by atoms with Gasteiger partial charge in [0.05, 0.1) is 12.0 Å². The lowest BCUT2D eigenvalue weighted by molar-refractivity contribution is -0.154. The summed E-state index contributed by atoms with van der Waals surface area (Å²) in [6.45, 7) is 7.10. The zero-order chi connectivity index (χ0) is 22.9. The second-order valence-corrected chi connectivity index (χ2v) is 10.0. The van der Waals surface area contributed by atoms with Gasteiger partial charge in [0.1, 0.15) is 17.1 Å². The van der Waals surface area contributed by atoms with Gasteiger partial charge in [0.25, 0.3) is 0 Å². The van der Waals surface area contributed by atoms with Crippen molar-refractivity contribution in [2.24, 2.45) is 11.0 Å². The van der Waals surface area contributed by atoms with Crippen molar-refractivity contribution >= 4 is 5.97 Å². The van der Waals surface area contributed by atoms with E-state index < -0.39 is 5.41 Å². The van der Waals surface area contributed by atoms with Crippen molar-refractivity contribution in [3.63, 3.8) is 0 Å². The summed E-state index contributed by atoms with van der Waals surface area (Å²) in [6.07, 6.45) is 7.85. The van der Waals surface area contributed by atoms with E-state index in [-0.39, 0.29) is 23.2 Å². The van der Waals surface area contributed by atoms with Crippen LogP contribution in [0.2, 0.25) is 0 Å². The molecular weight excluding hydrogens is 406 g/mol. The fraction of sp³-hybridized carbons (Fsp3) is 0.640. The second-order valence-electron chi connectivity index (χ2n) is 10.0. The number of phenolic OH excluding ortho intramolecular Hbond substituents is 1. The average molecular weight is 440 g/mol. The zero-order valence-electron chi connectivity index (χ0n) is 19.3. The molecule has 0 radical (unpaired) electrons. The van der Waals surface area contributed by atoms with Gasteiger partial charge in [0.15, 0.2) is 0 Å². The molecule has 2 aliphatic carbocycles. The van der Waals surface area contributed by atoms with E-state index in [9.17, 15) is 9.90 Å². The van der Waals surface area contributed by atoms with Crippen LogP contribution >= 0.6 is 0 Å². The first-order valence-corrected chi connectivity index (χ1v) is 11.7. The maximum atomic E-state index is 13.1. The molecule has 0 spiro atoms. The molecule has 1 saturated carbocycles. The molecule has 172 valence electrons. The minimum Gasteiger partial charge on any atom is -0.508 e. The number of carbonyl (C=O) groups is 1. The maximum Gasteiger partial charge on any atom is 0.316 e. The second kappa shape index (κ2) is 8.70. The van der Waals surface area contributed by atoms with Gasteiger partial charge in [0, 0.05) is 28.9 Å². The highest BCUT2D eigenvalue weighted by Crippen LogP contribution is 2.56. The van der Waals surface area contributed by atoms with E-state index >= 15 is 0 Å². The van der Waals surface area contributed by atoms with Crippen molar-refractivity contribution in [1.82, 2.24) is 0 Å². The number of nitrogens with zero attached hydrogens (tertiary/aromatic N) is 3. The highest BCUT2D eigenvalue weighted by Gasteiger charge is 2.50. The van der Waals surface area contributed by atoms with Crippen molar-refractivity contribution in [2.45, 2.75) is 82.7 Å². The largest absolute Gasteiger partial charge is 0.508 e. The predicted molar refractivity (Wildman–Crippen MR) is 122 cm³/mol. The Balaban J connectivity index is 1.58. The molecular formula is C25H33N3O4. The Morgan fingerprint density at radius 1 is 1.34 bits per heavy atom. The summed E-state index contributed by atoms with van der Waals surface area (Å²) in [5, 5.41) is 14.6. The maximum absolute atomic E-state index is 13.1. The number of allylic oxidation sites excluding steroid dienone is 2. The Bertz CT molecular complexity index is 974. The fourth-order valence-corrected chi connectivity index (χ4v) is 5.61. The van der Waals surface area contributed by atoms with Crippen LogP contribution in [0.4, 0.5) is 0 Å². The lowest BCUT2D eigenvalue weighted by Gasteiger charge is -2.48. The molecule has 0 saturated heterocycles. The molecule has 1 fully saturated rings. The number of aromatic hydroxyl groups is 1. The van der Waals surface area contributed by atoms with Gasteiger partial charge in [-0.05, 0) is 82.5 Å². The first-order valence-electron chi connectivity index (χ1n) is 11.7. The fourth-order valence-electron chi connectivity index (χ4n) is 5.61. The molecule has 0 aromatic heterocycles. The summed E-state index contributed by atoms with van der Waals surface area (Å²) in [6, 6.07) is 3.75. The molecule has 1 unspecified atom stereocenters. The third-order valence-corrected chi connectivity index (χ3v) is 7.60. The monoisotopic (exact) mass is 439 g/mol. The summed E-state index contributed by atoms with van der Waals surface area (Å²) < 4.78 is 12.0. The molecule has 7 nitrogen and oxygen atoms in total. The van der Waals surface area contributed by atoms with E-state index in [4.69, 9.17) is 15.0 Å². The normalized spacial score (nSPS) is 24.5. The number of benzene rings is 1. The third kappa shape index (κ3) is 3.95. The van der Waals surface area contributed by atoms with Gasteiger partial charge >= 0.3 is 5.97 Å². The van der Waals surface area contributed by atoms with Gasteiger partial charge in [0.2, 0.25) is 0 Å². The van der Waals surface area contributed by atoms with E-state index in [1.807, 2.05) is 6.07 Å². The number of fused-ring (bicyclic) bond motifs is 3. The quantitative estimate of drug-likeness (QED) is 0.139. The van der Waals surface area contributed by atoms with Crippen molar-refractivity contribution in [3.05, 3.63) is 45.4 Å². The van der Waals surface area contributed by atoms with Gasteiger partial charge in [-0.3, -0.25) is 4.79 Å². The minimum absolute atomic E-state index is 0.216. The zero-order valence-corrected chi connectivity index (χ0v) is 19.3. The number of carbonyl (C=O) groups excluding carboxylic acids is 1. The van der Waals surface area contributed by atoms with Gasteiger partial charge in [-0.2, -0.15) is 0 Å². The molecule has 1 heterocycles. The molecule has 0 amide bonds. The van der Waals surface area contributed by atoms with E-state index in [0.717, 1.165) is 30.4 Å². The van der Waals surface area contributed by atoms with Crippen LogP contribution < -0.4 is 4.74 Å². The number of unbranched alkanes of at least 4 members (excludes halogenated alkanes) is 1. The minimum atomic E-state index is -0.718. The summed E-state index contributed by atoms with van der Waals surface area (Å²) in [4.78, 5) is 15.8. The van der Waals surface area contributed by atoms with Gasteiger partial charge in [-0.1, -0.05) is 23.2 Å². The number of rotatable bonds is 7. The lowest BCUT2D eigenvalue weighted by Crippen LogP contribution is -2.46. The van der Waals surface area contributed by atoms with Crippen LogP contribution in [-0.4, -0.2) is 29.8 Å². The lowest BCUT2D eigenvalue weighted by atomic mass is 9.63.